The molecule has 0 radical (unpaired) electrons. The van der Waals surface area contributed by atoms with Crippen LogP contribution < -0.4 is 10.1 Å². The van der Waals surface area contributed by atoms with E-state index in [0.717, 1.165) is 17.7 Å². The van der Waals surface area contributed by atoms with Gasteiger partial charge in [0.15, 0.2) is 0 Å². The molecule has 6 aliphatic rings. The molecule has 1 saturated heterocycles. The van der Waals surface area contributed by atoms with Crippen molar-refractivity contribution < 1.29 is 58.3 Å². The maximum absolute atomic E-state index is 15.5. The Kier molecular flexibility index (Phi) is 18.0. The lowest BCUT2D eigenvalue weighted by Gasteiger charge is -2.45. The number of Topliss-reactive ketones (excluding diaryl/α,β-unsaturated/α-hetero) is 2. The number of carbonyl (C=O) groups excluding carboxylic acids is 4. The van der Waals surface area contributed by atoms with Crippen LogP contribution in [0.15, 0.2) is 76.8 Å². The molecule has 1 unspecified atom stereocenters. The van der Waals surface area contributed by atoms with E-state index in [-0.39, 0.29) is 75.1 Å². The summed E-state index contributed by atoms with van der Waals surface area (Å²) in [4.78, 5) is 85.5. The Hall–Kier alpha value is -5.22. The maximum Gasteiger partial charge on any atom is 0.335 e. The number of fused-ring (bicyclic) bond motifs is 13. The van der Waals surface area contributed by atoms with Gasteiger partial charge in [-0.2, -0.15) is 0 Å². The van der Waals surface area contributed by atoms with E-state index in [1.165, 1.54) is 13.2 Å². The van der Waals surface area contributed by atoms with Crippen LogP contribution in [0.4, 0.5) is 0 Å². The molecule has 0 aromatic heterocycles. The number of aliphatic imine (C=N–C) groups is 1. The van der Waals surface area contributed by atoms with Gasteiger partial charge in [0.1, 0.15) is 34.8 Å². The number of aryl methyl sites for hydroxylation is 1. The first-order chi connectivity index (χ1) is 35.7. The van der Waals surface area contributed by atoms with Crippen molar-refractivity contribution in [3.8, 4) is 11.5 Å². The number of phenols is 1. The average Bonchev–Trinajstić information content (AvgIpc) is 3.85. The first kappa shape index (κ1) is 58.5. The number of piperidine rings is 1. The van der Waals surface area contributed by atoms with Gasteiger partial charge >= 0.3 is 13.4 Å². The van der Waals surface area contributed by atoms with Crippen molar-refractivity contribution in [2.75, 3.05) is 26.2 Å². The molecule has 5 bridgehead atoms. The molecule has 0 saturated carbocycles. The summed E-state index contributed by atoms with van der Waals surface area (Å²) in [5.41, 5.74) is 0.728. The molecule has 5 aliphatic heterocycles. The number of hydrogen-bond acceptors (Lipinski definition) is 13. The van der Waals surface area contributed by atoms with Gasteiger partial charge in [-0.1, -0.05) is 104 Å². The van der Waals surface area contributed by atoms with E-state index in [4.69, 9.17) is 14.5 Å². The van der Waals surface area contributed by atoms with Gasteiger partial charge in [-0.25, -0.2) is 0 Å². The molecular weight excluding hydrogens is 988 g/mol. The van der Waals surface area contributed by atoms with Crippen molar-refractivity contribution in [1.29, 1.82) is 0 Å². The van der Waals surface area contributed by atoms with Crippen LogP contribution in [-0.4, -0.2) is 120 Å². The predicted molar refractivity (Wildman–Crippen MR) is 292 cm³/mol. The first-order valence-electron chi connectivity index (χ1n) is 27.2. The van der Waals surface area contributed by atoms with Crippen LogP contribution in [0.2, 0.25) is 0 Å². The molecule has 8 rings (SSSR count). The summed E-state index contributed by atoms with van der Waals surface area (Å²) in [5, 5.41) is 38.2. The maximum atomic E-state index is 15.5. The summed E-state index contributed by atoms with van der Waals surface area (Å²) in [6.07, 6.45) is 10.5. The van der Waals surface area contributed by atoms with E-state index < -0.39 is 72.0 Å². The third-order valence-corrected chi connectivity index (χ3v) is 18.5. The molecule has 2 aromatic rings. The summed E-state index contributed by atoms with van der Waals surface area (Å²) in [7, 11) is -4.50. The van der Waals surface area contributed by atoms with Crippen LogP contribution >= 0.6 is 7.60 Å². The number of rotatable bonds is 12. The summed E-state index contributed by atoms with van der Waals surface area (Å²) in [5.74, 6) is -4.76. The Bertz CT molecular complexity index is 2750. The molecule has 5 heterocycles. The average molecular weight is 1070 g/mol. The third kappa shape index (κ3) is 11.8. The normalized spacial score (nSPS) is 30.3. The van der Waals surface area contributed by atoms with Gasteiger partial charge in [-0.3, -0.25) is 23.9 Å². The number of ether oxygens (including phenoxy) is 2. The Morgan fingerprint density at radius 1 is 0.855 bits per heavy atom. The highest BCUT2D eigenvalue weighted by molar-refractivity contribution is 7.53. The zero-order valence-electron chi connectivity index (χ0n) is 46.2. The quantitative estimate of drug-likeness (QED) is 0.0666. The molecule has 1 fully saturated rings. The van der Waals surface area contributed by atoms with Gasteiger partial charge in [0.2, 0.25) is 5.78 Å². The van der Waals surface area contributed by atoms with Crippen molar-refractivity contribution in [1.82, 2.24) is 15.1 Å². The second-order valence-corrected chi connectivity index (χ2v) is 24.9. The van der Waals surface area contributed by atoms with E-state index in [9.17, 15) is 39.3 Å². The topological polar surface area (TPSA) is 236 Å². The van der Waals surface area contributed by atoms with Crippen LogP contribution in [0.5, 0.6) is 11.5 Å². The standard InChI is InChI=1S/C59H81N4O12P/c1-33(2)31-62-28-25-59(26-29-62)61-48-45-46-53(67)41(10)55-47(45)56(69)58(11,75-55)74-30-24-34(3)37(6)38(7)39(8)52(66)40(9)51(65)35(4)15-14-16-36(5)57(70)60-49(54(46)68)50(48)63(59)27-23-43-21-19-42(20-22-43)17-12-13-18-44(32-64)76(71,72)73/h14-16,19-22,24,30,32-35,37-40,44,51-52,65-67H,12-13,17-18,23,25-29,31H2,1-11H3,(H,60,70)(H2,71,72,73)/b15-14+,30-24+,36-16-/t34-,35-,37+,38+,39-,40+,44?,51-,52-,58-/m0/s1. The van der Waals surface area contributed by atoms with E-state index >= 15 is 9.59 Å². The minimum absolute atomic E-state index is 0.00664. The summed E-state index contributed by atoms with van der Waals surface area (Å²) in [6.45, 7) is 23.5. The van der Waals surface area contributed by atoms with Gasteiger partial charge in [0.05, 0.1) is 41.0 Å². The summed E-state index contributed by atoms with van der Waals surface area (Å²) < 4.78 is 24.4. The Balaban J connectivity index is 1.33. The fraction of sp³-hybridized carbons (Fsp3) is 0.576. The van der Waals surface area contributed by atoms with E-state index in [1.807, 2.05) is 58.0 Å². The molecular formula is C59H81N4O12P. The highest BCUT2D eigenvalue weighted by Crippen LogP contribution is 2.52. The predicted octanol–water partition coefficient (Wildman–Crippen LogP) is 8.35. The van der Waals surface area contributed by atoms with Gasteiger partial charge < -0.3 is 54.5 Å². The van der Waals surface area contributed by atoms with Gasteiger partial charge in [0.25, 0.3) is 11.7 Å². The monoisotopic (exact) mass is 1070 g/mol. The Morgan fingerprint density at radius 2 is 1.50 bits per heavy atom. The lowest BCUT2D eigenvalue weighted by molar-refractivity contribution is -0.116. The number of carbonyl (C=O) groups is 4. The van der Waals surface area contributed by atoms with E-state index in [0.29, 0.717) is 76.1 Å². The lowest BCUT2D eigenvalue weighted by Crippen LogP contribution is -2.53. The molecule has 6 N–H and O–H groups in total. The SMILES string of the molecule is C/C1=C/C=C/[C@H](C)[C@H](O)[C@@H](C)[C@@H](O)[C@@H](C)[C@H](C)[C@H](C)[C@@H](C)/C=C/O[C@@]2(C)Oc3c(C)c(O)c4c(c3C2=O)C2=NC3(CCN(CC(C)C)CC3)N(CCc3ccc(CCCCC(C=O)P(=O)(O)O)cc3)C2=C(NC1=O)C4=O. The molecule has 414 valence electrons. The Labute approximate surface area is 448 Å². The highest BCUT2D eigenvalue weighted by Gasteiger charge is 2.56. The number of aromatic hydroxyl groups is 1. The van der Waals surface area contributed by atoms with Gasteiger partial charge in [-0.15, -0.1) is 0 Å². The second-order valence-electron chi connectivity index (χ2n) is 23.0. The lowest BCUT2D eigenvalue weighted by atomic mass is 9.72. The zero-order valence-corrected chi connectivity index (χ0v) is 47.1. The minimum atomic E-state index is -4.50. The number of amides is 1. The Morgan fingerprint density at radius 3 is 2.12 bits per heavy atom. The smallest absolute Gasteiger partial charge is 0.335 e. The second kappa shape index (κ2) is 23.4. The zero-order chi connectivity index (χ0) is 55.8. The van der Waals surface area contributed by atoms with Crippen LogP contribution in [0.25, 0.3) is 0 Å². The van der Waals surface area contributed by atoms with Crippen LogP contribution in [0.3, 0.4) is 0 Å². The molecule has 1 spiro atoms. The molecule has 76 heavy (non-hydrogen) atoms. The van der Waals surface area contributed by atoms with Gasteiger partial charge in [0, 0.05) is 74.5 Å². The van der Waals surface area contributed by atoms with Crippen LogP contribution in [0, 0.1) is 48.3 Å². The number of likely N-dealkylation sites (tertiary alicyclic amines) is 1. The fourth-order valence-electron chi connectivity index (χ4n) is 11.7. The number of nitrogens with one attached hydrogen (secondary N) is 1. The van der Waals surface area contributed by atoms with E-state index in [1.54, 1.807) is 32.1 Å². The van der Waals surface area contributed by atoms with Gasteiger partial charge in [-0.05, 0) is 86.3 Å². The number of unbranched alkanes of at least 4 members (excludes halogenated alkanes) is 1. The largest absolute Gasteiger partial charge is 0.507 e. The number of hydrogen-bond donors (Lipinski definition) is 6. The van der Waals surface area contributed by atoms with Crippen molar-refractivity contribution in [3.63, 3.8) is 0 Å². The van der Waals surface area contributed by atoms with Crippen molar-refractivity contribution >= 4 is 37.1 Å². The number of allylic oxidation sites excluding steroid dienone is 5. The van der Waals surface area contributed by atoms with Crippen molar-refractivity contribution in [3.05, 3.63) is 105 Å². The highest BCUT2D eigenvalue weighted by atomic mass is 31.2. The number of aliphatic hydroxyl groups excluding tert-OH is 2. The molecule has 10 atom stereocenters. The number of nitrogens with zero attached hydrogens (tertiary/aromatic N) is 3. The summed E-state index contributed by atoms with van der Waals surface area (Å²) in [6, 6.07) is 8.05. The van der Waals surface area contributed by atoms with Crippen LogP contribution in [0.1, 0.15) is 144 Å². The molecule has 1 amide bonds. The number of benzene rings is 2. The molecule has 17 heteroatoms. The number of phenolic OH excluding ortho intramolecular Hbond substituents is 1. The number of aliphatic hydroxyl groups is 2. The number of ketones is 2. The minimum Gasteiger partial charge on any atom is -0.507 e. The molecule has 16 nitrogen and oxygen atoms in total. The van der Waals surface area contributed by atoms with Crippen molar-refractivity contribution in [2.24, 2.45) is 46.4 Å². The van der Waals surface area contributed by atoms with Crippen molar-refractivity contribution in [2.45, 2.75) is 150 Å². The third-order valence-electron chi connectivity index (χ3n) is 17.2. The van der Waals surface area contributed by atoms with Crippen LogP contribution in [-0.2, 0) is 31.7 Å². The molecule has 1 aliphatic carbocycles. The first-order valence-corrected chi connectivity index (χ1v) is 28.9. The van der Waals surface area contributed by atoms with E-state index in [2.05, 4.69) is 42.8 Å². The fourth-order valence-corrected chi connectivity index (χ4v) is 12.4. The number of aldehydes is 1. The summed E-state index contributed by atoms with van der Waals surface area (Å²) >= 11 is 0. The molecule has 2 aromatic carbocycles.